The van der Waals surface area contributed by atoms with E-state index in [1.54, 1.807) is 19.2 Å². The molecule has 4 nitrogen and oxygen atoms in total. The largest absolute Gasteiger partial charge is 0.465 e. The summed E-state index contributed by atoms with van der Waals surface area (Å²) >= 11 is 6.27. The van der Waals surface area contributed by atoms with E-state index in [4.69, 9.17) is 16.3 Å². The van der Waals surface area contributed by atoms with Crippen LogP contribution in [0, 0.1) is 0 Å². The van der Waals surface area contributed by atoms with Crippen molar-refractivity contribution >= 4 is 28.5 Å². The molecule has 0 saturated heterocycles. The first kappa shape index (κ1) is 17.4. The number of hydrogen-bond donors (Lipinski definition) is 1. The SMILES string of the molecule is CCOC(=O)C(NCc1ccccc1)c1ccc(Cl)c2cccnc12. The van der Waals surface area contributed by atoms with Gasteiger partial charge in [0.15, 0.2) is 0 Å². The van der Waals surface area contributed by atoms with Gasteiger partial charge in [0, 0.05) is 28.7 Å². The Morgan fingerprint density at radius 2 is 1.96 bits per heavy atom. The van der Waals surface area contributed by atoms with Gasteiger partial charge < -0.3 is 4.74 Å². The zero-order valence-electron chi connectivity index (χ0n) is 13.9. The van der Waals surface area contributed by atoms with Gasteiger partial charge in [0.2, 0.25) is 0 Å². The van der Waals surface area contributed by atoms with E-state index in [0.29, 0.717) is 23.7 Å². The van der Waals surface area contributed by atoms with E-state index < -0.39 is 6.04 Å². The molecule has 25 heavy (non-hydrogen) atoms. The first-order chi connectivity index (χ1) is 12.2. The minimum Gasteiger partial charge on any atom is -0.465 e. The van der Waals surface area contributed by atoms with Crippen molar-refractivity contribution in [2.75, 3.05) is 6.61 Å². The van der Waals surface area contributed by atoms with Crippen molar-refractivity contribution in [3.05, 3.63) is 76.9 Å². The minimum atomic E-state index is -0.616. The summed E-state index contributed by atoms with van der Waals surface area (Å²) in [5.41, 5.74) is 2.55. The average molecular weight is 355 g/mol. The lowest BCUT2D eigenvalue weighted by atomic mass is 10.0. The molecule has 1 N–H and O–H groups in total. The number of benzene rings is 2. The van der Waals surface area contributed by atoms with Crippen LogP contribution < -0.4 is 5.32 Å². The van der Waals surface area contributed by atoms with E-state index in [9.17, 15) is 4.79 Å². The number of carbonyl (C=O) groups excluding carboxylic acids is 1. The van der Waals surface area contributed by atoms with Gasteiger partial charge in [-0.2, -0.15) is 0 Å². The van der Waals surface area contributed by atoms with Gasteiger partial charge in [0.25, 0.3) is 0 Å². The fourth-order valence-corrected chi connectivity index (χ4v) is 2.97. The molecule has 1 unspecified atom stereocenters. The molecular formula is C20H19ClN2O2. The average Bonchev–Trinajstić information content (AvgIpc) is 2.65. The lowest BCUT2D eigenvalue weighted by molar-refractivity contribution is -0.145. The number of ether oxygens (including phenoxy) is 1. The van der Waals surface area contributed by atoms with Gasteiger partial charge in [-0.05, 0) is 30.7 Å². The van der Waals surface area contributed by atoms with Gasteiger partial charge in [0.1, 0.15) is 6.04 Å². The number of hydrogen-bond acceptors (Lipinski definition) is 4. The molecule has 2 aromatic carbocycles. The third-order valence-corrected chi connectivity index (χ3v) is 4.26. The Balaban J connectivity index is 1.97. The third kappa shape index (κ3) is 3.98. The zero-order chi connectivity index (χ0) is 17.6. The van der Waals surface area contributed by atoms with E-state index >= 15 is 0 Å². The Morgan fingerprint density at radius 1 is 1.16 bits per heavy atom. The molecule has 3 aromatic rings. The highest BCUT2D eigenvalue weighted by atomic mass is 35.5. The Hall–Kier alpha value is -2.43. The van der Waals surface area contributed by atoms with Gasteiger partial charge in [-0.25, -0.2) is 4.79 Å². The van der Waals surface area contributed by atoms with Crippen molar-refractivity contribution in [3.63, 3.8) is 0 Å². The summed E-state index contributed by atoms with van der Waals surface area (Å²) in [5.74, 6) is -0.326. The topological polar surface area (TPSA) is 51.2 Å². The molecule has 0 radical (unpaired) electrons. The van der Waals surface area contributed by atoms with Crippen LogP contribution in [0.2, 0.25) is 5.02 Å². The number of esters is 1. The predicted molar refractivity (Wildman–Crippen MR) is 99.4 cm³/mol. The van der Waals surface area contributed by atoms with E-state index in [-0.39, 0.29) is 5.97 Å². The summed E-state index contributed by atoms with van der Waals surface area (Å²) in [6.45, 7) is 2.66. The van der Waals surface area contributed by atoms with Crippen LogP contribution in [0.5, 0.6) is 0 Å². The summed E-state index contributed by atoms with van der Waals surface area (Å²) in [7, 11) is 0. The summed E-state index contributed by atoms with van der Waals surface area (Å²) < 4.78 is 5.26. The molecule has 1 heterocycles. The minimum absolute atomic E-state index is 0.321. The Morgan fingerprint density at radius 3 is 2.72 bits per heavy atom. The normalized spacial score (nSPS) is 12.1. The second-order valence-corrected chi connectivity index (χ2v) is 5.99. The molecule has 0 amide bonds. The smallest absolute Gasteiger partial charge is 0.327 e. The summed E-state index contributed by atoms with van der Waals surface area (Å²) in [6, 6.07) is 16.6. The first-order valence-corrected chi connectivity index (χ1v) is 8.55. The first-order valence-electron chi connectivity index (χ1n) is 8.17. The number of carbonyl (C=O) groups is 1. The number of fused-ring (bicyclic) bond motifs is 1. The molecule has 0 saturated carbocycles. The summed E-state index contributed by atoms with van der Waals surface area (Å²) in [6.07, 6.45) is 1.70. The quantitative estimate of drug-likeness (QED) is 0.671. The lowest BCUT2D eigenvalue weighted by Crippen LogP contribution is -2.30. The van der Waals surface area contributed by atoms with E-state index in [2.05, 4.69) is 10.3 Å². The van der Waals surface area contributed by atoms with Crippen molar-refractivity contribution in [2.45, 2.75) is 19.5 Å². The highest BCUT2D eigenvalue weighted by Crippen LogP contribution is 2.29. The van der Waals surface area contributed by atoms with Gasteiger partial charge in [-0.1, -0.05) is 48.0 Å². The monoisotopic (exact) mass is 354 g/mol. The lowest BCUT2D eigenvalue weighted by Gasteiger charge is -2.19. The molecular weight excluding hydrogens is 336 g/mol. The molecule has 0 bridgehead atoms. The molecule has 128 valence electrons. The number of halogens is 1. The van der Waals surface area contributed by atoms with Gasteiger partial charge in [-0.3, -0.25) is 10.3 Å². The Kier molecular flexibility index (Phi) is 5.64. The van der Waals surface area contributed by atoms with Crippen molar-refractivity contribution in [1.29, 1.82) is 0 Å². The third-order valence-electron chi connectivity index (χ3n) is 3.93. The highest BCUT2D eigenvalue weighted by Gasteiger charge is 2.24. The van der Waals surface area contributed by atoms with Crippen LogP contribution in [-0.4, -0.2) is 17.6 Å². The second kappa shape index (κ2) is 8.10. The van der Waals surface area contributed by atoms with E-state index in [1.165, 1.54) is 0 Å². The maximum atomic E-state index is 12.5. The molecule has 3 rings (SSSR count). The molecule has 0 aliphatic rings. The van der Waals surface area contributed by atoms with Crippen LogP contribution in [0.15, 0.2) is 60.8 Å². The number of pyridine rings is 1. The second-order valence-electron chi connectivity index (χ2n) is 5.59. The van der Waals surface area contributed by atoms with Gasteiger partial charge in [0.05, 0.1) is 12.1 Å². The summed E-state index contributed by atoms with van der Waals surface area (Å²) in [4.78, 5) is 17.0. The number of nitrogens with zero attached hydrogens (tertiary/aromatic N) is 1. The molecule has 1 aromatic heterocycles. The molecule has 0 fully saturated rings. The standard InChI is InChI=1S/C20H19ClN2O2/c1-2-25-20(24)19(23-13-14-7-4-3-5-8-14)16-10-11-17(21)15-9-6-12-22-18(15)16/h3-12,19,23H,2,13H2,1H3. The number of aromatic nitrogens is 1. The molecule has 0 spiro atoms. The van der Waals surface area contributed by atoms with Crippen LogP contribution in [-0.2, 0) is 16.1 Å². The number of rotatable bonds is 6. The van der Waals surface area contributed by atoms with Crippen molar-refractivity contribution in [3.8, 4) is 0 Å². The Labute approximate surface area is 151 Å². The van der Waals surface area contributed by atoms with Crippen LogP contribution in [0.25, 0.3) is 10.9 Å². The van der Waals surface area contributed by atoms with Crippen molar-refractivity contribution < 1.29 is 9.53 Å². The maximum absolute atomic E-state index is 12.5. The predicted octanol–water partition coefficient (Wildman–Crippen LogP) is 4.28. The van der Waals surface area contributed by atoms with Crippen molar-refractivity contribution in [1.82, 2.24) is 10.3 Å². The molecule has 0 aliphatic heterocycles. The Bertz CT molecular complexity index is 868. The molecule has 5 heteroatoms. The van der Waals surface area contributed by atoms with Gasteiger partial charge >= 0.3 is 5.97 Å². The van der Waals surface area contributed by atoms with Crippen LogP contribution in [0.4, 0.5) is 0 Å². The zero-order valence-corrected chi connectivity index (χ0v) is 14.7. The van der Waals surface area contributed by atoms with E-state index in [0.717, 1.165) is 16.5 Å². The fourth-order valence-electron chi connectivity index (χ4n) is 2.75. The maximum Gasteiger partial charge on any atom is 0.327 e. The van der Waals surface area contributed by atoms with E-state index in [1.807, 2.05) is 48.5 Å². The van der Waals surface area contributed by atoms with Crippen molar-refractivity contribution in [2.24, 2.45) is 0 Å². The van der Waals surface area contributed by atoms with Crippen LogP contribution >= 0.6 is 11.6 Å². The number of nitrogens with one attached hydrogen (secondary N) is 1. The van der Waals surface area contributed by atoms with Crippen LogP contribution in [0.3, 0.4) is 0 Å². The van der Waals surface area contributed by atoms with Gasteiger partial charge in [-0.15, -0.1) is 0 Å². The van der Waals surface area contributed by atoms with Crippen LogP contribution in [0.1, 0.15) is 24.1 Å². The molecule has 0 aliphatic carbocycles. The fraction of sp³-hybridized carbons (Fsp3) is 0.200. The summed E-state index contributed by atoms with van der Waals surface area (Å²) in [5, 5.41) is 4.72. The molecule has 1 atom stereocenters. The highest BCUT2D eigenvalue weighted by molar-refractivity contribution is 6.35.